The zero-order valence-corrected chi connectivity index (χ0v) is 13.0. The van der Waals surface area contributed by atoms with Gasteiger partial charge in [-0.15, -0.1) is 0 Å². The van der Waals surface area contributed by atoms with Crippen LogP contribution in [-0.2, 0) is 16.1 Å². The number of nitrogens with zero attached hydrogens (tertiary/aromatic N) is 1. The molecule has 2 aliphatic heterocycles. The normalized spacial score (nSPS) is 27.8. The standard InChI is InChI=1S/C16H19NO6/c1-8-10-4-14-13(22-7-23-14)3-9(10)6-17(2)16(21)15(20)12(19)5-11(8)18/h3-4,8,12,15,19-20H,5-7H2,1-2H3/t8-,12+,15-/m0/s1. The molecule has 0 radical (unpaired) electrons. The molecule has 0 spiro atoms. The largest absolute Gasteiger partial charge is 0.454 e. The summed E-state index contributed by atoms with van der Waals surface area (Å²) in [5, 5.41) is 19.8. The minimum absolute atomic E-state index is 0.118. The van der Waals surface area contributed by atoms with Gasteiger partial charge in [-0.2, -0.15) is 0 Å². The fraction of sp³-hybridized carbons (Fsp3) is 0.500. The van der Waals surface area contributed by atoms with Gasteiger partial charge in [-0.1, -0.05) is 6.92 Å². The summed E-state index contributed by atoms with van der Waals surface area (Å²) in [6, 6.07) is 3.51. The van der Waals surface area contributed by atoms with E-state index in [-0.39, 0.29) is 25.5 Å². The number of carbonyl (C=O) groups is 2. The molecule has 0 saturated carbocycles. The topological polar surface area (TPSA) is 96.3 Å². The van der Waals surface area contributed by atoms with Crippen molar-refractivity contribution in [1.82, 2.24) is 4.90 Å². The number of rotatable bonds is 0. The lowest BCUT2D eigenvalue weighted by Crippen LogP contribution is -2.44. The van der Waals surface area contributed by atoms with E-state index < -0.39 is 24.0 Å². The van der Waals surface area contributed by atoms with Crippen LogP contribution in [0.3, 0.4) is 0 Å². The number of ketones is 1. The molecular weight excluding hydrogens is 302 g/mol. The third-order valence-electron chi connectivity index (χ3n) is 4.40. The Labute approximate surface area is 133 Å². The van der Waals surface area contributed by atoms with Gasteiger partial charge in [0.15, 0.2) is 17.6 Å². The highest BCUT2D eigenvalue weighted by molar-refractivity contribution is 5.88. The molecule has 7 heteroatoms. The Hall–Kier alpha value is -2.12. The Morgan fingerprint density at radius 2 is 1.83 bits per heavy atom. The lowest BCUT2D eigenvalue weighted by molar-refractivity contribution is -0.146. The van der Waals surface area contributed by atoms with Gasteiger partial charge in [-0.3, -0.25) is 9.59 Å². The molecule has 0 aliphatic carbocycles. The van der Waals surface area contributed by atoms with Crippen molar-refractivity contribution in [2.24, 2.45) is 0 Å². The van der Waals surface area contributed by atoms with E-state index >= 15 is 0 Å². The predicted molar refractivity (Wildman–Crippen MR) is 79.1 cm³/mol. The molecule has 124 valence electrons. The number of aliphatic hydroxyl groups is 2. The van der Waals surface area contributed by atoms with Crippen molar-refractivity contribution in [3.05, 3.63) is 23.3 Å². The van der Waals surface area contributed by atoms with Gasteiger partial charge in [0.2, 0.25) is 6.79 Å². The number of aliphatic hydroxyl groups excluding tert-OH is 2. The third-order valence-corrected chi connectivity index (χ3v) is 4.40. The van der Waals surface area contributed by atoms with Crippen LogP contribution in [0.15, 0.2) is 12.1 Å². The summed E-state index contributed by atoms with van der Waals surface area (Å²) in [4.78, 5) is 25.9. The average Bonchev–Trinajstić information content (AvgIpc) is 2.98. The van der Waals surface area contributed by atoms with Gasteiger partial charge in [0, 0.05) is 25.9 Å². The molecule has 2 aliphatic rings. The minimum atomic E-state index is -1.60. The quantitative estimate of drug-likeness (QED) is 0.707. The average molecular weight is 321 g/mol. The number of likely N-dealkylation sites (N-methyl/N-ethyl adjacent to an activating group) is 1. The first-order valence-corrected chi connectivity index (χ1v) is 7.44. The summed E-state index contributed by atoms with van der Waals surface area (Å²) < 4.78 is 10.7. The summed E-state index contributed by atoms with van der Waals surface area (Å²) in [6.07, 6.45) is -3.29. The number of benzene rings is 1. The first kappa shape index (κ1) is 15.8. The Morgan fingerprint density at radius 3 is 2.52 bits per heavy atom. The Bertz CT molecular complexity index is 658. The molecule has 0 aromatic heterocycles. The molecular formula is C16H19NO6. The van der Waals surface area contributed by atoms with Crippen LogP contribution in [0.5, 0.6) is 11.5 Å². The highest BCUT2D eigenvalue weighted by Crippen LogP contribution is 2.38. The molecule has 1 amide bonds. The maximum Gasteiger partial charge on any atom is 0.254 e. The van der Waals surface area contributed by atoms with Gasteiger partial charge in [0.05, 0.1) is 6.10 Å². The van der Waals surface area contributed by atoms with Crippen molar-refractivity contribution in [3.63, 3.8) is 0 Å². The van der Waals surface area contributed by atoms with Crippen LogP contribution >= 0.6 is 0 Å². The van der Waals surface area contributed by atoms with Crippen LogP contribution < -0.4 is 9.47 Å². The zero-order valence-electron chi connectivity index (χ0n) is 13.0. The number of hydrogen-bond donors (Lipinski definition) is 2. The Balaban J connectivity index is 2.07. The van der Waals surface area contributed by atoms with Crippen molar-refractivity contribution < 1.29 is 29.3 Å². The molecule has 2 heterocycles. The lowest BCUT2D eigenvalue weighted by atomic mass is 9.87. The molecule has 3 atom stereocenters. The van der Waals surface area contributed by atoms with Gasteiger partial charge in [0.1, 0.15) is 5.78 Å². The molecule has 1 aromatic carbocycles. The van der Waals surface area contributed by atoms with Crippen molar-refractivity contribution in [1.29, 1.82) is 0 Å². The number of carbonyl (C=O) groups excluding carboxylic acids is 2. The fourth-order valence-corrected chi connectivity index (χ4v) is 2.93. The monoisotopic (exact) mass is 321 g/mol. The summed E-state index contributed by atoms with van der Waals surface area (Å²) in [6.45, 7) is 2.06. The highest BCUT2D eigenvalue weighted by Gasteiger charge is 2.33. The Kier molecular flexibility index (Phi) is 3.99. The first-order chi connectivity index (χ1) is 10.9. The van der Waals surface area contributed by atoms with Crippen LogP contribution in [0.25, 0.3) is 0 Å². The van der Waals surface area contributed by atoms with Gasteiger partial charge >= 0.3 is 0 Å². The van der Waals surface area contributed by atoms with E-state index in [1.807, 2.05) is 0 Å². The smallest absolute Gasteiger partial charge is 0.254 e. The number of fused-ring (bicyclic) bond motifs is 2. The third kappa shape index (κ3) is 2.77. The van der Waals surface area contributed by atoms with E-state index in [4.69, 9.17) is 9.47 Å². The van der Waals surface area contributed by atoms with E-state index in [0.29, 0.717) is 11.5 Å². The Morgan fingerprint density at radius 1 is 1.17 bits per heavy atom. The number of ether oxygens (including phenoxy) is 2. The predicted octanol–water partition coefficient (Wildman–Crippen LogP) is 0.172. The summed E-state index contributed by atoms with van der Waals surface area (Å²) in [7, 11) is 1.54. The summed E-state index contributed by atoms with van der Waals surface area (Å²) >= 11 is 0. The summed E-state index contributed by atoms with van der Waals surface area (Å²) in [5.74, 6) is -0.211. The van der Waals surface area contributed by atoms with Crippen LogP contribution in [-0.4, -0.2) is 52.9 Å². The van der Waals surface area contributed by atoms with Gasteiger partial charge in [0.25, 0.3) is 5.91 Å². The second-order valence-corrected chi connectivity index (χ2v) is 6.00. The molecule has 23 heavy (non-hydrogen) atoms. The van der Waals surface area contributed by atoms with E-state index in [0.717, 1.165) is 11.1 Å². The van der Waals surface area contributed by atoms with Crippen LogP contribution in [0.1, 0.15) is 30.4 Å². The van der Waals surface area contributed by atoms with Crippen molar-refractivity contribution in [3.8, 4) is 11.5 Å². The molecule has 1 aromatic rings. The number of hydrogen-bond acceptors (Lipinski definition) is 6. The van der Waals surface area contributed by atoms with Gasteiger partial charge in [-0.05, 0) is 23.3 Å². The lowest BCUT2D eigenvalue weighted by Gasteiger charge is -2.28. The molecule has 2 N–H and O–H groups in total. The molecule has 0 saturated heterocycles. The van der Waals surface area contributed by atoms with E-state index in [2.05, 4.69) is 0 Å². The second kappa shape index (κ2) is 5.82. The maximum absolute atomic E-state index is 12.4. The van der Waals surface area contributed by atoms with E-state index in [1.165, 1.54) is 4.90 Å². The molecule has 3 rings (SSSR count). The van der Waals surface area contributed by atoms with Crippen molar-refractivity contribution in [2.45, 2.75) is 38.0 Å². The maximum atomic E-state index is 12.4. The molecule has 0 unspecified atom stereocenters. The summed E-state index contributed by atoms with van der Waals surface area (Å²) in [5.41, 5.74) is 1.50. The van der Waals surface area contributed by atoms with E-state index in [9.17, 15) is 19.8 Å². The van der Waals surface area contributed by atoms with Gasteiger partial charge < -0.3 is 24.6 Å². The van der Waals surface area contributed by atoms with Crippen molar-refractivity contribution in [2.75, 3.05) is 13.8 Å². The van der Waals surface area contributed by atoms with E-state index in [1.54, 1.807) is 26.1 Å². The molecule has 7 nitrogen and oxygen atoms in total. The number of Topliss-reactive ketones (excluding diaryl/α,β-unsaturated/α-hetero) is 1. The van der Waals surface area contributed by atoms with Gasteiger partial charge in [-0.25, -0.2) is 0 Å². The van der Waals surface area contributed by atoms with Crippen molar-refractivity contribution >= 4 is 11.7 Å². The fourth-order valence-electron chi connectivity index (χ4n) is 2.93. The zero-order chi connectivity index (χ0) is 16.7. The SMILES string of the molecule is C[C@@H]1C(=O)C[C@@H](O)[C@H](O)C(=O)N(C)Cc2cc3c(cc21)OCO3. The molecule has 0 bridgehead atoms. The minimum Gasteiger partial charge on any atom is -0.454 e. The second-order valence-electron chi connectivity index (χ2n) is 6.00. The van der Waals surface area contributed by atoms with Crippen LogP contribution in [0.4, 0.5) is 0 Å². The molecule has 0 fully saturated rings. The highest BCUT2D eigenvalue weighted by atomic mass is 16.7. The van der Waals surface area contributed by atoms with Crippen LogP contribution in [0, 0.1) is 0 Å². The first-order valence-electron chi connectivity index (χ1n) is 7.44. The number of amides is 1. The van der Waals surface area contributed by atoms with Crippen LogP contribution in [0.2, 0.25) is 0 Å².